The molecule has 0 amide bonds. The normalized spacial score (nSPS) is 15.4. The molecule has 0 atom stereocenters. The minimum absolute atomic E-state index is 0.0772. The van der Waals surface area contributed by atoms with Gasteiger partial charge in [0, 0.05) is 24.0 Å². The van der Waals surface area contributed by atoms with Crippen LogP contribution in [-0.2, 0) is 4.74 Å². The van der Waals surface area contributed by atoms with Gasteiger partial charge in [0.15, 0.2) is 0 Å². The maximum atomic E-state index is 12.6. The number of fused-ring (bicyclic) bond motifs is 1. The van der Waals surface area contributed by atoms with Crippen molar-refractivity contribution >= 4 is 27.5 Å². The Bertz CT molecular complexity index is 851. The average molecular weight is 313 g/mol. The molecule has 1 N–H and O–H groups in total. The summed E-state index contributed by atoms with van der Waals surface area (Å²) in [5.41, 5.74) is 1.91. The molecule has 0 radical (unpaired) electrons. The molecule has 1 fully saturated rings. The standard InChI is InChI=1S/C16H15N3O2S/c20-14-13-12(11-4-2-1-3-5-11)10-22-15(13)18-16(17-14)19-6-8-21-9-7-19/h1-5,10H,6-9H2,(H,17,18,20). The number of nitrogens with one attached hydrogen (secondary N) is 1. The number of hydrogen-bond donors (Lipinski definition) is 1. The van der Waals surface area contributed by atoms with Crippen LogP contribution in [0.2, 0.25) is 0 Å². The van der Waals surface area contributed by atoms with Crippen molar-refractivity contribution in [1.82, 2.24) is 9.97 Å². The van der Waals surface area contributed by atoms with Crippen LogP contribution in [0.1, 0.15) is 0 Å². The Morgan fingerprint density at radius 1 is 1.18 bits per heavy atom. The molecular formula is C16H15N3O2S. The maximum Gasteiger partial charge on any atom is 0.261 e. The lowest BCUT2D eigenvalue weighted by Crippen LogP contribution is -2.38. The van der Waals surface area contributed by atoms with Crippen molar-refractivity contribution in [2.45, 2.75) is 0 Å². The van der Waals surface area contributed by atoms with E-state index in [0.29, 0.717) is 24.5 Å². The third kappa shape index (κ3) is 2.30. The molecule has 1 saturated heterocycles. The first-order valence-electron chi connectivity index (χ1n) is 7.22. The van der Waals surface area contributed by atoms with E-state index < -0.39 is 0 Å². The van der Waals surface area contributed by atoms with Crippen LogP contribution in [0.3, 0.4) is 0 Å². The van der Waals surface area contributed by atoms with Crippen molar-refractivity contribution in [2.75, 3.05) is 31.2 Å². The molecule has 22 heavy (non-hydrogen) atoms. The van der Waals surface area contributed by atoms with Crippen LogP contribution in [0.5, 0.6) is 0 Å². The first-order valence-corrected chi connectivity index (χ1v) is 8.10. The van der Waals surface area contributed by atoms with Gasteiger partial charge in [-0.25, -0.2) is 4.98 Å². The molecule has 0 bridgehead atoms. The van der Waals surface area contributed by atoms with Crippen LogP contribution in [-0.4, -0.2) is 36.3 Å². The minimum Gasteiger partial charge on any atom is -0.378 e. The summed E-state index contributed by atoms with van der Waals surface area (Å²) in [6, 6.07) is 9.94. The third-order valence-electron chi connectivity index (χ3n) is 3.83. The van der Waals surface area contributed by atoms with Crippen LogP contribution in [0.4, 0.5) is 5.95 Å². The topological polar surface area (TPSA) is 58.2 Å². The smallest absolute Gasteiger partial charge is 0.261 e. The van der Waals surface area contributed by atoms with E-state index in [1.54, 1.807) is 0 Å². The van der Waals surface area contributed by atoms with Crippen molar-refractivity contribution in [3.05, 3.63) is 46.1 Å². The fourth-order valence-electron chi connectivity index (χ4n) is 2.69. The molecule has 1 aliphatic rings. The van der Waals surface area contributed by atoms with Gasteiger partial charge in [-0.05, 0) is 5.56 Å². The lowest BCUT2D eigenvalue weighted by Gasteiger charge is -2.26. The van der Waals surface area contributed by atoms with Crippen LogP contribution in [0, 0.1) is 0 Å². The van der Waals surface area contributed by atoms with Gasteiger partial charge in [0.05, 0.1) is 18.6 Å². The lowest BCUT2D eigenvalue weighted by molar-refractivity contribution is 0.122. The molecule has 3 heterocycles. The molecule has 0 spiro atoms. The third-order valence-corrected chi connectivity index (χ3v) is 4.70. The Hall–Kier alpha value is -2.18. The number of ether oxygens (including phenoxy) is 1. The SMILES string of the molecule is O=c1[nH]c(N2CCOCC2)nc2scc(-c3ccccc3)c12. The zero-order valence-corrected chi connectivity index (χ0v) is 12.7. The highest BCUT2D eigenvalue weighted by Crippen LogP contribution is 2.31. The predicted octanol–water partition coefficient (Wildman–Crippen LogP) is 2.49. The van der Waals surface area contributed by atoms with Crippen molar-refractivity contribution in [3.63, 3.8) is 0 Å². The maximum absolute atomic E-state index is 12.6. The second-order valence-corrected chi connectivity index (χ2v) is 6.04. The van der Waals surface area contributed by atoms with Gasteiger partial charge in [-0.3, -0.25) is 9.78 Å². The first-order chi connectivity index (χ1) is 10.8. The Morgan fingerprint density at radius 3 is 2.73 bits per heavy atom. The zero-order chi connectivity index (χ0) is 14.9. The van der Waals surface area contributed by atoms with Crippen LogP contribution in [0.25, 0.3) is 21.3 Å². The Morgan fingerprint density at radius 2 is 1.95 bits per heavy atom. The number of H-pyrrole nitrogens is 1. The number of aromatic nitrogens is 2. The number of morpholine rings is 1. The summed E-state index contributed by atoms with van der Waals surface area (Å²) in [5.74, 6) is 0.641. The Labute approximate surface area is 131 Å². The summed E-state index contributed by atoms with van der Waals surface area (Å²) < 4.78 is 5.34. The largest absolute Gasteiger partial charge is 0.378 e. The van der Waals surface area contributed by atoms with E-state index in [0.717, 1.165) is 29.0 Å². The highest BCUT2D eigenvalue weighted by Gasteiger charge is 2.17. The summed E-state index contributed by atoms with van der Waals surface area (Å²) in [5, 5.41) is 2.68. The van der Waals surface area contributed by atoms with E-state index in [1.165, 1.54) is 11.3 Å². The van der Waals surface area contributed by atoms with Gasteiger partial charge in [0.1, 0.15) is 4.83 Å². The van der Waals surface area contributed by atoms with Gasteiger partial charge < -0.3 is 9.64 Å². The van der Waals surface area contributed by atoms with E-state index >= 15 is 0 Å². The van der Waals surface area contributed by atoms with Crippen LogP contribution in [0.15, 0.2) is 40.5 Å². The van der Waals surface area contributed by atoms with Crippen molar-refractivity contribution in [1.29, 1.82) is 0 Å². The lowest BCUT2D eigenvalue weighted by atomic mass is 10.1. The molecule has 2 aromatic heterocycles. The monoisotopic (exact) mass is 313 g/mol. The molecule has 0 aliphatic carbocycles. The van der Waals surface area contributed by atoms with E-state index in [-0.39, 0.29) is 5.56 Å². The van der Waals surface area contributed by atoms with Gasteiger partial charge >= 0.3 is 0 Å². The van der Waals surface area contributed by atoms with Crippen LogP contribution < -0.4 is 10.5 Å². The molecule has 1 aromatic carbocycles. The molecule has 5 nitrogen and oxygen atoms in total. The fraction of sp³-hybridized carbons (Fsp3) is 0.250. The Balaban J connectivity index is 1.82. The summed E-state index contributed by atoms with van der Waals surface area (Å²) in [7, 11) is 0. The molecule has 1 aliphatic heterocycles. The van der Waals surface area contributed by atoms with E-state index in [2.05, 4.69) is 14.9 Å². The van der Waals surface area contributed by atoms with Gasteiger partial charge in [-0.1, -0.05) is 30.3 Å². The van der Waals surface area contributed by atoms with Gasteiger partial charge in [-0.15, -0.1) is 11.3 Å². The fourth-order valence-corrected chi connectivity index (χ4v) is 3.64. The van der Waals surface area contributed by atoms with E-state index in [9.17, 15) is 4.79 Å². The highest BCUT2D eigenvalue weighted by atomic mass is 32.1. The van der Waals surface area contributed by atoms with Gasteiger partial charge in [0.2, 0.25) is 5.95 Å². The average Bonchev–Trinajstić information content (AvgIpc) is 3.01. The summed E-state index contributed by atoms with van der Waals surface area (Å²) in [6.45, 7) is 2.85. The van der Waals surface area contributed by atoms with Crippen molar-refractivity contribution < 1.29 is 4.74 Å². The van der Waals surface area contributed by atoms with E-state index in [4.69, 9.17) is 4.74 Å². The molecule has 6 heteroatoms. The number of benzene rings is 1. The molecule has 0 unspecified atom stereocenters. The number of aromatic amines is 1. The zero-order valence-electron chi connectivity index (χ0n) is 11.9. The second kappa shape index (κ2) is 5.55. The minimum atomic E-state index is -0.0772. The summed E-state index contributed by atoms with van der Waals surface area (Å²) >= 11 is 1.51. The van der Waals surface area contributed by atoms with Crippen LogP contribution >= 0.6 is 11.3 Å². The molecule has 112 valence electrons. The number of thiophene rings is 1. The number of rotatable bonds is 2. The van der Waals surface area contributed by atoms with E-state index in [1.807, 2.05) is 35.7 Å². The molecular weight excluding hydrogens is 298 g/mol. The molecule has 3 aromatic rings. The Kier molecular flexibility index (Phi) is 3.40. The number of nitrogens with zero attached hydrogens (tertiary/aromatic N) is 2. The van der Waals surface area contributed by atoms with Crippen molar-refractivity contribution in [2.24, 2.45) is 0 Å². The van der Waals surface area contributed by atoms with Crippen molar-refractivity contribution in [3.8, 4) is 11.1 Å². The second-order valence-electron chi connectivity index (χ2n) is 5.18. The van der Waals surface area contributed by atoms with Gasteiger partial charge in [0.25, 0.3) is 5.56 Å². The number of hydrogen-bond acceptors (Lipinski definition) is 5. The number of anilines is 1. The molecule has 0 saturated carbocycles. The quantitative estimate of drug-likeness (QED) is 0.790. The highest BCUT2D eigenvalue weighted by molar-refractivity contribution is 7.17. The predicted molar refractivity (Wildman–Crippen MR) is 88.7 cm³/mol. The summed E-state index contributed by atoms with van der Waals surface area (Å²) in [4.78, 5) is 23.0. The molecule has 4 rings (SSSR count). The summed E-state index contributed by atoms with van der Waals surface area (Å²) in [6.07, 6.45) is 0. The first kappa shape index (κ1) is 13.5. The van der Waals surface area contributed by atoms with Gasteiger partial charge in [-0.2, -0.15) is 0 Å².